The third-order valence-electron chi connectivity index (χ3n) is 2.00. The largest absolute Gasteiger partial charge is 0.361 e. The highest BCUT2D eigenvalue weighted by Gasteiger charge is 2.31. The van der Waals surface area contributed by atoms with Crippen molar-refractivity contribution in [2.45, 2.75) is 32.7 Å². The molecule has 2 atom stereocenters. The molecule has 5 heteroatoms. The zero-order valence-corrected chi connectivity index (χ0v) is 7.70. The lowest BCUT2D eigenvalue weighted by molar-refractivity contribution is -0.127. The minimum absolute atomic E-state index is 0.0155. The lowest BCUT2D eigenvalue weighted by atomic mass is 10.0. The summed E-state index contributed by atoms with van der Waals surface area (Å²) in [7, 11) is 0. The van der Waals surface area contributed by atoms with E-state index in [1.165, 1.54) is 0 Å². The molecule has 1 fully saturated rings. The summed E-state index contributed by atoms with van der Waals surface area (Å²) >= 11 is 0. The molecular formula is C8H14N2O3. The molecule has 3 N–H and O–H groups in total. The minimum atomic E-state index is -1.02. The molecule has 1 amide bonds. The molecule has 0 saturated carbocycles. The number of hydrogen-bond donors (Lipinski definition) is 3. The smallest absolute Gasteiger partial charge is 0.240 e. The van der Waals surface area contributed by atoms with Crippen LogP contribution < -0.4 is 10.6 Å². The van der Waals surface area contributed by atoms with Gasteiger partial charge in [0.05, 0.1) is 6.04 Å². The number of carbonyl (C=O) groups excluding carboxylic acids is 2. The fourth-order valence-corrected chi connectivity index (χ4v) is 1.13. The van der Waals surface area contributed by atoms with E-state index < -0.39 is 12.4 Å². The van der Waals surface area contributed by atoms with Crippen molar-refractivity contribution in [3.8, 4) is 0 Å². The van der Waals surface area contributed by atoms with Gasteiger partial charge in [-0.25, -0.2) is 0 Å². The number of aliphatic hydroxyl groups is 1. The van der Waals surface area contributed by atoms with Crippen LogP contribution in [0.2, 0.25) is 0 Å². The minimum Gasteiger partial charge on any atom is -0.361 e. The van der Waals surface area contributed by atoms with Gasteiger partial charge >= 0.3 is 0 Å². The average Bonchev–Trinajstić information content (AvgIpc) is 2.30. The van der Waals surface area contributed by atoms with E-state index >= 15 is 0 Å². The summed E-state index contributed by atoms with van der Waals surface area (Å²) in [6.45, 7) is 3.57. The third kappa shape index (κ3) is 2.50. The standard InChI is InChI=1S/C8H14N2O3/c1-4(2)6(11)3-5-7(12)10-8(13)9-5/h4-5,8-9,13H,3H2,1-2H3,(H,10,12). The van der Waals surface area contributed by atoms with Gasteiger partial charge in [0.25, 0.3) is 0 Å². The van der Waals surface area contributed by atoms with Crippen molar-refractivity contribution in [3.05, 3.63) is 0 Å². The van der Waals surface area contributed by atoms with Crippen LogP contribution in [0.1, 0.15) is 20.3 Å². The van der Waals surface area contributed by atoms with Crippen LogP contribution >= 0.6 is 0 Å². The SMILES string of the molecule is CC(C)C(=O)CC1NC(O)NC1=O. The van der Waals surface area contributed by atoms with Gasteiger partial charge in [-0.05, 0) is 0 Å². The van der Waals surface area contributed by atoms with Crippen LogP contribution in [-0.2, 0) is 9.59 Å². The molecule has 74 valence electrons. The highest BCUT2D eigenvalue weighted by molar-refractivity contribution is 5.91. The summed E-state index contributed by atoms with van der Waals surface area (Å²) in [5.41, 5.74) is 0. The summed E-state index contributed by atoms with van der Waals surface area (Å²) in [5, 5.41) is 13.8. The first kappa shape index (κ1) is 10.1. The van der Waals surface area contributed by atoms with E-state index in [0.717, 1.165) is 0 Å². The monoisotopic (exact) mass is 186 g/mol. The van der Waals surface area contributed by atoms with Gasteiger partial charge in [0, 0.05) is 12.3 Å². The molecule has 0 radical (unpaired) electrons. The fourth-order valence-electron chi connectivity index (χ4n) is 1.13. The predicted octanol–water partition coefficient (Wildman–Crippen LogP) is -1.03. The predicted molar refractivity (Wildman–Crippen MR) is 45.5 cm³/mol. The number of amides is 1. The first-order valence-electron chi connectivity index (χ1n) is 4.28. The Kier molecular flexibility index (Phi) is 3.00. The maximum atomic E-state index is 11.2. The van der Waals surface area contributed by atoms with Crippen molar-refractivity contribution in [2.24, 2.45) is 5.92 Å². The second kappa shape index (κ2) is 3.85. The highest BCUT2D eigenvalue weighted by Crippen LogP contribution is 2.06. The maximum absolute atomic E-state index is 11.2. The lowest BCUT2D eigenvalue weighted by Crippen LogP contribution is -2.34. The molecule has 1 rings (SSSR count). The van der Waals surface area contributed by atoms with Crippen LogP contribution in [-0.4, -0.2) is 29.2 Å². The molecule has 13 heavy (non-hydrogen) atoms. The summed E-state index contributed by atoms with van der Waals surface area (Å²) < 4.78 is 0. The zero-order valence-electron chi connectivity index (χ0n) is 7.70. The number of ketones is 1. The Morgan fingerprint density at radius 1 is 1.62 bits per heavy atom. The van der Waals surface area contributed by atoms with Crippen molar-refractivity contribution < 1.29 is 14.7 Å². The second-order valence-electron chi connectivity index (χ2n) is 3.46. The van der Waals surface area contributed by atoms with Gasteiger partial charge in [-0.3, -0.25) is 14.9 Å². The Morgan fingerprint density at radius 3 is 2.62 bits per heavy atom. The van der Waals surface area contributed by atoms with E-state index in [4.69, 9.17) is 5.11 Å². The fraction of sp³-hybridized carbons (Fsp3) is 0.750. The van der Waals surface area contributed by atoms with Crippen LogP contribution in [0.3, 0.4) is 0 Å². The molecule has 0 bridgehead atoms. The van der Waals surface area contributed by atoms with Gasteiger partial charge in [0.1, 0.15) is 5.78 Å². The van der Waals surface area contributed by atoms with E-state index in [9.17, 15) is 9.59 Å². The van der Waals surface area contributed by atoms with Gasteiger partial charge in [-0.2, -0.15) is 0 Å². The molecule has 1 saturated heterocycles. The first-order chi connectivity index (χ1) is 6.00. The third-order valence-corrected chi connectivity index (χ3v) is 2.00. The molecule has 0 aromatic carbocycles. The van der Waals surface area contributed by atoms with Crippen LogP contribution in [0.25, 0.3) is 0 Å². The molecule has 1 aliphatic rings. The molecule has 1 aliphatic heterocycles. The summed E-state index contributed by atoms with van der Waals surface area (Å²) in [5.74, 6) is -0.379. The van der Waals surface area contributed by atoms with Crippen molar-refractivity contribution in [2.75, 3.05) is 0 Å². The molecule has 0 aromatic heterocycles. The van der Waals surface area contributed by atoms with E-state index in [-0.39, 0.29) is 24.0 Å². The number of nitrogens with one attached hydrogen (secondary N) is 2. The molecule has 5 nitrogen and oxygen atoms in total. The number of aliphatic hydroxyl groups excluding tert-OH is 1. The summed E-state index contributed by atoms with van der Waals surface area (Å²) in [6, 6.07) is -0.579. The number of carbonyl (C=O) groups is 2. The summed E-state index contributed by atoms with van der Waals surface area (Å²) in [6.07, 6.45) is -0.877. The molecule has 2 unspecified atom stereocenters. The Balaban J connectivity index is 2.46. The van der Waals surface area contributed by atoms with E-state index in [1.54, 1.807) is 13.8 Å². The van der Waals surface area contributed by atoms with Gasteiger partial charge in [0.2, 0.25) is 5.91 Å². The first-order valence-corrected chi connectivity index (χ1v) is 4.28. The molecule has 0 aliphatic carbocycles. The van der Waals surface area contributed by atoms with Crippen molar-refractivity contribution in [1.29, 1.82) is 0 Å². The molecule has 0 spiro atoms. The van der Waals surface area contributed by atoms with E-state index in [1.807, 2.05) is 0 Å². The van der Waals surface area contributed by atoms with Gasteiger partial charge < -0.3 is 10.4 Å². The number of Topliss-reactive ketones (excluding diaryl/α,β-unsaturated/α-hetero) is 1. The molecule has 0 aromatic rings. The zero-order chi connectivity index (χ0) is 10.0. The quantitative estimate of drug-likeness (QED) is 0.526. The number of rotatable bonds is 3. The maximum Gasteiger partial charge on any atom is 0.240 e. The van der Waals surface area contributed by atoms with Crippen LogP contribution in [0.15, 0.2) is 0 Å². The van der Waals surface area contributed by atoms with Crippen LogP contribution in [0.4, 0.5) is 0 Å². The lowest BCUT2D eigenvalue weighted by Gasteiger charge is -2.08. The topological polar surface area (TPSA) is 78.4 Å². The number of hydrogen-bond acceptors (Lipinski definition) is 4. The van der Waals surface area contributed by atoms with Gasteiger partial charge in [0.15, 0.2) is 6.35 Å². The Hall–Kier alpha value is -0.940. The normalized spacial score (nSPS) is 27.8. The van der Waals surface area contributed by atoms with Crippen LogP contribution in [0, 0.1) is 5.92 Å². The Bertz CT molecular complexity index is 227. The van der Waals surface area contributed by atoms with E-state index in [2.05, 4.69) is 10.6 Å². The van der Waals surface area contributed by atoms with Gasteiger partial charge in [-0.15, -0.1) is 0 Å². The van der Waals surface area contributed by atoms with Crippen molar-refractivity contribution >= 4 is 11.7 Å². The van der Waals surface area contributed by atoms with Crippen molar-refractivity contribution in [1.82, 2.24) is 10.6 Å². The van der Waals surface area contributed by atoms with Crippen molar-refractivity contribution in [3.63, 3.8) is 0 Å². The average molecular weight is 186 g/mol. The summed E-state index contributed by atoms with van der Waals surface area (Å²) in [4.78, 5) is 22.3. The highest BCUT2D eigenvalue weighted by atomic mass is 16.3. The molecular weight excluding hydrogens is 172 g/mol. The Morgan fingerprint density at radius 2 is 2.23 bits per heavy atom. The van der Waals surface area contributed by atoms with Gasteiger partial charge in [-0.1, -0.05) is 13.8 Å². The molecule has 1 heterocycles. The Labute approximate surface area is 76.5 Å². The second-order valence-corrected chi connectivity index (χ2v) is 3.46. The van der Waals surface area contributed by atoms with E-state index in [0.29, 0.717) is 0 Å². The van der Waals surface area contributed by atoms with Crippen LogP contribution in [0.5, 0.6) is 0 Å².